The first kappa shape index (κ1) is 22.9. The van der Waals surface area contributed by atoms with Crippen molar-refractivity contribution in [3.8, 4) is 16.9 Å². The van der Waals surface area contributed by atoms with Gasteiger partial charge < -0.3 is 0 Å². The Morgan fingerprint density at radius 3 is 2.33 bits per heavy atom. The van der Waals surface area contributed by atoms with Crippen LogP contribution >= 0.6 is 11.6 Å². The monoisotopic (exact) mass is 493 g/mol. The van der Waals surface area contributed by atoms with Crippen molar-refractivity contribution >= 4 is 32.2 Å². The summed E-state index contributed by atoms with van der Waals surface area (Å²) in [6.07, 6.45) is -2.12. The van der Waals surface area contributed by atoms with Crippen LogP contribution in [0.3, 0.4) is 0 Å². The highest BCUT2D eigenvalue weighted by Crippen LogP contribution is 2.31. The number of alkyl halides is 3. The lowest BCUT2D eigenvalue weighted by Gasteiger charge is -2.13. The van der Waals surface area contributed by atoms with Crippen LogP contribution in [0.15, 0.2) is 70.6 Å². The van der Waals surface area contributed by atoms with Crippen LogP contribution in [-0.2, 0) is 16.0 Å². The number of fused-ring (bicyclic) bond motifs is 1. The SMILES string of the molecule is CCS(=O)(=O)c1cc(-c2ccc(Cl)cc2)cnc1-n1ncc2cc(C(F)(F)F)ccc2c1=O. The Kier molecular flexibility index (Phi) is 5.75. The Labute approximate surface area is 191 Å². The minimum absolute atomic E-state index is 0.0243. The molecule has 0 aliphatic carbocycles. The van der Waals surface area contributed by atoms with E-state index >= 15 is 0 Å². The van der Waals surface area contributed by atoms with Crippen LogP contribution in [0.5, 0.6) is 0 Å². The summed E-state index contributed by atoms with van der Waals surface area (Å²) >= 11 is 5.91. The third-order valence-electron chi connectivity index (χ3n) is 5.04. The zero-order valence-corrected chi connectivity index (χ0v) is 18.5. The molecule has 4 rings (SSSR count). The van der Waals surface area contributed by atoms with Gasteiger partial charge in [-0.1, -0.05) is 30.7 Å². The van der Waals surface area contributed by atoms with Crippen molar-refractivity contribution in [2.24, 2.45) is 0 Å². The molecule has 6 nitrogen and oxygen atoms in total. The molecule has 0 aliphatic rings. The van der Waals surface area contributed by atoms with Crippen molar-refractivity contribution in [2.45, 2.75) is 18.0 Å². The van der Waals surface area contributed by atoms with Crippen LogP contribution in [-0.4, -0.2) is 28.9 Å². The van der Waals surface area contributed by atoms with Gasteiger partial charge in [0.05, 0.1) is 22.9 Å². The van der Waals surface area contributed by atoms with E-state index in [1.807, 2.05) is 0 Å². The highest BCUT2D eigenvalue weighted by atomic mass is 35.5. The fraction of sp³-hybridized carbons (Fsp3) is 0.136. The lowest BCUT2D eigenvalue weighted by Crippen LogP contribution is -2.24. The van der Waals surface area contributed by atoms with Crippen LogP contribution in [0.4, 0.5) is 13.2 Å². The molecule has 2 heterocycles. The summed E-state index contributed by atoms with van der Waals surface area (Å²) in [7, 11) is -3.85. The molecule has 0 aliphatic heterocycles. The van der Waals surface area contributed by atoms with E-state index in [2.05, 4.69) is 10.1 Å². The Bertz CT molecular complexity index is 1530. The van der Waals surface area contributed by atoms with E-state index in [1.165, 1.54) is 19.2 Å². The van der Waals surface area contributed by atoms with Crippen molar-refractivity contribution in [3.05, 3.63) is 81.9 Å². The summed E-state index contributed by atoms with van der Waals surface area (Å²) in [5.41, 5.74) is -0.579. The van der Waals surface area contributed by atoms with Gasteiger partial charge in [0, 0.05) is 22.2 Å². The Balaban J connectivity index is 1.93. The maximum Gasteiger partial charge on any atom is 0.416 e. The zero-order chi connectivity index (χ0) is 24.0. The van der Waals surface area contributed by atoms with Crippen LogP contribution in [0, 0.1) is 0 Å². The molecular weight excluding hydrogens is 479 g/mol. The van der Waals surface area contributed by atoms with Gasteiger partial charge in [-0.2, -0.15) is 23.0 Å². The van der Waals surface area contributed by atoms with Crippen molar-refractivity contribution in [1.82, 2.24) is 14.8 Å². The summed E-state index contributed by atoms with van der Waals surface area (Å²) in [5.74, 6) is -0.496. The quantitative estimate of drug-likeness (QED) is 0.403. The largest absolute Gasteiger partial charge is 0.416 e. The first-order chi connectivity index (χ1) is 15.5. The predicted octanol–water partition coefficient (Wildman–Crippen LogP) is 4.91. The first-order valence-electron chi connectivity index (χ1n) is 9.59. The minimum Gasteiger partial charge on any atom is -0.267 e. The Hall–Kier alpha value is -3.24. The molecule has 4 aromatic rings. The van der Waals surface area contributed by atoms with Gasteiger partial charge in [0.2, 0.25) is 0 Å². The third-order valence-corrected chi connectivity index (χ3v) is 7.02. The van der Waals surface area contributed by atoms with E-state index < -0.39 is 27.1 Å². The fourth-order valence-corrected chi connectivity index (χ4v) is 4.42. The molecule has 0 radical (unpaired) electrons. The minimum atomic E-state index is -4.58. The van der Waals surface area contributed by atoms with Crippen LogP contribution in [0.1, 0.15) is 12.5 Å². The topological polar surface area (TPSA) is 81.9 Å². The summed E-state index contributed by atoms with van der Waals surface area (Å²) in [5, 5.41) is 4.34. The number of hydrogen-bond acceptors (Lipinski definition) is 5. The number of sulfone groups is 1. The number of aromatic nitrogens is 3. The molecule has 0 fully saturated rings. The zero-order valence-electron chi connectivity index (χ0n) is 17.0. The third kappa shape index (κ3) is 4.36. The number of benzene rings is 2. The van der Waals surface area contributed by atoms with Crippen LogP contribution in [0.25, 0.3) is 27.7 Å². The maximum atomic E-state index is 13.0. The number of rotatable bonds is 4. The lowest BCUT2D eigenvalue weighted by atomic mass is 10.1. The van der Waals surface area contributed by atoms with Gasteiger partial charge >= 0.3 is 6.18 Å². The fourth-order valence-electron chi connectivity index (χ4n) is 3.26. The van der Waals surface area contributed by atoms with E-state index in [4.69, 9.17) is 11.6 Å². The standard InChI is InChI=1S/C22H15ClF3N3O3S/c1-2-33(31,32)19-10-14(13-3-6-17(23)7-4-13)11-27-20(19)29-21(30)18-8-5-16(22(24,25)26)9-15(18)12-28-29/h3-12H,2H2,1H3. The molecule has 0 unspecified atom stereocenters. The highest BCUT2D eigenvalue weighted by molar-refractivity contribution is 7.91. The van der Waals surface area contributed by atoms with Gasteiger partial charge in [0.15, 0.2) is 15.7 Å². The summed E-state index contributed by atoms with van der Waals surface area (Å²) in [4.78, 5) is 17.0. The average molecular weight is 494 g/mol. The number of hydrogen-bond donors (Lipinski definition) is 0. The number of halogens is 4. The molecular formula is C22H15ClF3N3O3S. The lowest BCUT2D eigenvalue weighted by molar-refractivity contribution is -0.137. The van der Waals surface area contributed by atoms with Crippen LogP contribution < -0.4 is 5.56 Å². The molecule has 0 saturated heterocycles. The molecule has 0 bridgehead atoms. The molecule has 0 N–H and O–H groups in total. The smallest absolute Gasteiger partial charge is 0.267 e. The van der Waals surface area contributed by atoms with E-state index in [0.29, 0.717) is 16.1 Å². The van der Waals surface area contributed by atoms with E-state index in [-0.39, 0.29) is 27.2 Å². The van der Waals surface area contributed by atoms with Gasteiger partial charge in [-0.3, -0.25) is 4.79 Å². The number of pyridine rings is 1. The summed E-state index contributed by atoms with van der Waals surface area (Å²) < 4.78 is 65.4. The molecule has 0 saturated carbocycles. The van der Waals surface area contributed by atoms with Crippen LogP contribution in [0.2, 0.25) is 5.02 Å². The molecule has 11 heteroatoms. The molecule has 2 aromatic heterocycles. The van der Waals surface area contributed by atoms with Gasteiger partial charge in [0.25, 0.3) is 5.56 Å². The van der Waals surface area contributed by atoms with Gasteiger partial charge in [-0.15, -0.1) is 0 Å². The average Bonchev–Trinajstić information content (AvgIpc) is 2.79. The molecule has 2 aromatic carbocycles. The Morgan fingerprint density at radius 2 is 1.70 bits per heavy atom. The van der Waals surface area contributed by atoms with E-state index in [0.717, 1.165) is 29.1 Å². The number of nitrogens with zero attached hydrogens (tertiary/aromatic N) is 3. The van der Waals surface area contributed by atoms with Crippen molar-refractivity contribution in [2.75, 3.05) is 5.75 Å². The maximum absolute atomic E-state index is 13.0. The second-order valence-corrected chi connectivity index (χ2v) is 9.80. The van der Waals surface area contributed by atoms with Gasteiger partial charge in [0.1, 0.15) is 4.90 Å². The normalized spacial score (nSPS) is 12.3. The van der Waals surface area contributed by atoms with Crippen molar-refractivity contribution < 1.29 is 21.6 Å². The van der Waals surface area contributed by atoms with E-state index in [9.17, 15) is 26.4 Å². The summed E-state index contributed by atoms with van der Waals surface area (Å²) in [6, 6.07) is 10.7. The van der Waals surface area contributed by atoms with E-state index in [1.54, 1.807) is 24.3 Å². The molecule has 170 valence electrons. The molecule has 0 atom stereocenters. The predicted molar refractivity (Wildman–Crippen MR) is 118 cm³/mol. The Morgan fingerprint density at radius 1 is 1.00 bits per heavy atom. The molecule has 33 heavy (non-hydrogen) atoms. The summed E-state index contributed by atoms with van der Waals surface area (Å²) in [6.45, 7) is 1.45. The second kappa shape index (κ2) is 8.27. The first-order valence-corrected chi connectivity index (χ1v) is 11.6. The highest BCUT2D eigenvalue weighted by Gasteiger charge is 2.31. The molecule has 0 amide bonds. The molecule has 0 spiro atoms. The van der Waals surface area contributed by atoms with Crippen molar-refractivity contribution in [1.29, 1.82) is 0 Å². The van der Waals surface area contributed by atoms with Crippen molar-refractivity contribution in [3.63, 3.8) is 0 Å². The van der Waals surface area contributed by atoms with Gasteiger partial charge in [-0.05, 0) is 42.0 Å². The second-order valence-electron chi connectivity index (χ2n) is 7.12. The van der Waals surface area contributed by atoms with Gasteiger partial charge in [-0.25, -0.2) is 13.4 Å².